The number of hydrogen-bond donors (Lipinski definition) is 1. The summed E-state index contributed by atoms with van der Waals surface area (Å²) in [6, 6.07) is 17.0. The van der Waals surface area contributed by atoms with Crippen LogP contribution in [0.3, 0.4) is 0 Å². The summed E-state index contributed by atoms with van der Waals surface area (Å²) in [4.78, 5) is 11.7. The van der Waals surface area contributed by atoms with Crippen LogP contribution in [0.2, 0.25) is 5.02 Å². The Morgan fingerprint density at radius 1 is 1.11 bits per heavy atom. The molecule has 0 aromatic heterocycles. The minimum absolute atomic E-state index is 0.0545. The normalized spacial score (nSPS) is 11.9. The number of halogens is 2. The summed E-state index contributed by atoms with van der Waals surface area (Å²) in [5.41, 5.74) is 1.96. The van der Waals surface area contributed by atoms with Gasteiger partial charge in [-0.15, -0.1) is 0 Å². The second-order valence-electron chi connectivity index (χ2n) is 4.12. The van der Waals surface area contributed by atoms with Gasteiger partial charge in [0.1, 0.15) is 4.83 Å². The highest BCUT2D eigenvalue weighted by Crippen LogP contribution is 2.22. The molecule has 2 nitrogen and oxygen atoms in total. The molecule has 0 saturated carbocycles. The van der Waals surface area contributed by atoms with E-state index in [0.717, 1.165) is 11.1 Å². The summed E-state index contributed by atoms with van der Waals surface area (Å²) in [6.07, 6.45) is 0. The zero-order valence-corrected chi connectivity index (χ0v) is 12.5. The van der Waals surface area contributed by atoms with Gasteiger partial charge >= 0.3 is 0 Å². The molecule has 1 atom stereocenters. The van der Waals surface area contributed by atoms with E-state index in [-0.39, 0.29) is 10.7 Å². The van der Waals surface area contributed by atoms with Crippen molar-refractivity contribution in [3.63, 3.8) is 0 Å². The number of amides is 1. The third kappa shape index (κ3) is 4.08. The van der Waals surface area contributed by atoms with E-state index in [4.69, 9.17) is 11.6 Å². The maximum atomic E-state index is 12.0. The van der Waals surface area contributed by atoms with Gasteiger partial charge in [-0.2, -0.15) is 0 Å². The molecule has 2 aromatic carbocycles. The van der Waals surface area contributed by atoms with E-state index in [1.54, 1.807) is 0 Å². The van der Waals surface area contributed by atoms with E-state index in [0.29, 0.717) is 11.6 Å². The van der Waals surface area contributed by atoms with E-state index < -0.39 is 0 Å². The molecule has 2 rings (SSSR count). The van der Waals surface area contributed by atoms with Crippen molar-refractivity contribution < 1.29 is 4.79 Å². The number of nitrogens with one attached hydrogen (secondary N) is 1. The summed E-state index contributed by atoms with van der Waals surface area (Å²) in [5.74, 6) is -0.0545. The zero-order valence-electron chi connectivity index (χ0n) is 10.1. The van der Waals surface area contributed by atoms with Crippen LogP contribution in [0, 0.1) is 0 Å². The Hall–Kier alpha value is -1.32. The number of benzene rings is 2. The van der Waals surface area contributed by atoms with Crippen LogP contribution >= 0.6 is 27.5 Å². The lowest BCUT2D eigenvalue weighted by molar-refractivity contribution is -0.120. The topological polar surface area (TPSA) is 29.1 Å². The van der Waals surface area contributed by atoms with Crippen molar-refractivity contribution in [2.24, 2.45) is 0 Å². The lowest BCUT2D eigenvalue weighted by Gasteiger charge is -2.11. The van der Waals surface area contributed by atoms with Gasteiger partial charge in [-0.05, 0) is 23.3 Å². The van der Waals surface area contributed by atoms with Gasteiger partial charge in [-0.3, -0.25) is 4.79 Å². The van der Waals surface area contributed by atoms with E-state index >= 15 is 0 Å². The molecule has 1 unspecified atom stereocenters. The van der Waals surface area contributed by atoms with Crippen molar-refractivity contribution in [3.8, 4) is 0 Å². The minimum atomic E-state index is -0.332. The third-order valence-corrected chi connectivity index (χ3v) is 3.90. The zero-order chi connectivity index (χ0) is 13.7. The highest BCUT2D eigenvalue weighted by atomic mass is 79.9. The number of hydrogen-bond acceptors (Lipinski definition) is 1. The van der Waals surface area contributed by atoms with Crippen molar-refractivity contribution in [1.82, 2.24) is 5.32 Å². The van der Waals surface area contributed by atoms with Crippen LogP contribution in [0.15, 0.2) is 54.6 Å². The quantitative estimate of drug-likeness (QED) is 0.836. The molecule has 2 aromatic rings. The first-order valence-electron chi connectivity index (χ1n) is 5.88. The van der Waals surface area contributed by atoms with Crippen molar-refractivity contribution in [1.29, 1.82) is 0 Å². The Morgan fingerprint density at radius 3 is 2.37 bits per heavy atom. The molecular weight excluding hydrogens is 326 g/mol. The number of carbonyl (C=O) groups excluding carboxylic acids is 1. The van der Waals surface area contributed by atoms with E-state index in [2.05, 4.69) is 21.2 Å². The van der Waals surface area contributed by atoms with Gasteiger partial charge < -0.3 is 5.32 Å². The van der Waals surface area contributed by atoms with Crippen molar-refractivity contribution >= 4 is 33.4 Å². The molecule has 0 aliphatic heterocycles. The summed E-state index contributed by atoms with van der Waals surface area (Å²) in [5, 5.41) is 3.58. The second-order valence-corrected chi connectivity index (χ2v) is 5.47. The van der Waals surface area contributed by atoms with Gasteiger partial charge in [0.2, 0.25) is 5.91 Å². The smallest absolute Gasteiger partial charge is 0.238 e. The molecule has 1 amide bonds. The van der Waals surface area contributed by atoms with Crippen molar-refractivity contribution in [3.05, 3.63) is 70.7 Å². The minimum Gasteiger partial charge on any atom is -0.351 e. The fourth-order valence-corrected chi connectivity index (χ4v) is 2.25. The SMILES string of the molecule is O=C(NCc1ccc(Cl)cc1)C(Br)c1ccccc1. The van der Waals surface area contributed by atoms with Crippen LogP contribution in [-0.2, 0) is 11.3 Å². The van der Waals surface area contributed by atoms with Gasteiger partial charge in [0.25, 0.3) is 0 Å². The molecule has 98 valence electrons. The van der Waals surface area contributed by atoms with Crippen molar-refractivity contribution in [2.75, 3.05) is 0 Å². The third-order valence-electron chi connectivity index (χ3n) is 2.70. The highest BCUT2D eigenvalue weighted by Gasteiger charge is 2.15. The maximum Gasteiger partial charge on any atom is 0.238 e. The molecule has 0 aliphatic carbocycles. The fraction of sp³-hybridized carbons (Fsp3) is 0.133. The first kappa shape index (κ1) is 14.1. The molecule has 4 heteroatoms. The number of carbonyl (C=O) groups is 1. The Balaban J connectivity index is 1.93. The molecule has 0 heterocycles. The van der Waals surface area contributed by atoms with E-state index in [1.165, 1.54) is 0 Å². The number of rotatable bonds is 4. The van der Waals surface area contributed by atoms with Crippen LogP contribution in [0.5, 0.6) is 0 Å². The maximum absolute atomic E-state index is 12.0. The average Bonchev–Trinajstić information content (AvgIpc) is 2.46. The molecule has 0 saturated heterocycles. The lowest BCUT2D eigenvalue weighted by Crippen LogP contribution is -2.26. The van der Waals surface area contributed by atoms with E-state index in [1.807, 2.05) is 54.6 Å². The summed E-state index contributed by atoms with van der Waals surface area (Å²) in [6.45, 7) is 0.491. The van der Waals surface area contributed by atoms with Crippen LogP contribution in [0.4, 0.5) is 0 Å². The summed E-state index contributed by atoms with van der Waals surface area (Å²) >= 11 is 9.21. The predicted octanol–water partition coefficient (Wildman–Crippen LogP) is 4.09. The summed E-state index contributed by atoms with van der Waals surface area (Å²) in [7, 11) is 0. The standard InChI is InChI=1S/C15H13BrClNO/c16-14(12-4-2-1-3-5-12)15(19)18-10-11-6-8-13(17)9-7-11/h1-9,14H,10H2,(H,18,19). The Labute approximate surface area is 125 Å². The van der Waals surface area contributed by atoms with Crippen LogP contribution < -0.4 is 5.32 Å². The Bertz CT molecular complexity index is 542. The fourth-order valence-electron chi connectivity index (χ4n) is 1.65. The molecular formula is C15H13BrClNO. The predicted molar refractivity (Wildman–Crippen MR) is 81.4 cm³/mol. The largest absolute Gasteiger partial charge is 0.351 e. The number of alkyl halides is 1. The molecule has 19 heavy (non-hydrogen) atoms. The first-order valence-corrected chi connectivity index (χ1v) is 7.17. The van der Waals surface area contributed by atoms with Gasteiger partial charge in [0.05, 0.1) is 0 Å². The first-order chi connectivity index (χ1) is 9.16. The second kappa shape index (κ2) is 6.73. The average molecular weight is 339 g/mol. The van der Waals surface area contributed by atoms with Crippen LogP contribution in [0.25, 0.3) is 0 Å². The molecule has 0 bridgehead atoms. The lowest BCUT2D eigenvalue weighted by atomic mass is 10.1. The van der Waals surface area contributed by atoms with Gasteiger partial charge in [-0.25, -0.2) is 0 Å². The highest BCUT2D eigenvalue weighted by molar-refractivity contribution is 9.09. The molecule has 0 spiro atoms. The van der Waals surface area contributed by atoms with Gasteiger partial charge in [-0.1, -0.05) is 70.0 Å². The molecule has 0 aliphatic rings. The monoisotopic (exact) mass is 337 g/mol. The van der Waals surface area contributed by atoms with Crippen LogP contribution in [0.1, 0.15) is 16.0 Å². The molecule has 1 N–H and O–H groups in total. The van der Waals surface area contributed by atoms with Gasteiger partial charge in [0.15, 0.2) is 0 Å². The molecule has 0 fully saturated rings. The molecule has 0 radical (unpaired) electrons. The van der Waals surface area contributed by atoms with Crippen LogP contribution in [-0.4, -0.2) is 5.91 Å². The van der Waals surface area contributed by atoms with Crippen molar-refractivity contribution in [2.45, 2.75) is 11.4 Å². The Kier molecular flexibility index (Phi) is 5.00. The summed E-state index contributed by atoms with van der Waals surface area (Å²) < 4.78 is 0. The van der Waals surface area contributed by atoms with E-state index in [9.17, 15) is 4.79 Å². The Morgan fingerprint density at radius 2 is 1.74 bits per heavy atom. The van der Waals surface area contributed by atoms with Gasteiger partial charge in [0, 0.05) is 11.6 Å².